The van der Waals surface area contributed by atoms with E-state index in [1.807, 2.05) is 11.4 Å². The van der Waals surface area contributed by atoms with E-state index in [9.17, 15) is 18.0 Å². The second-order valence-electron chi connectivity index (χ2n) is 6.59. The highest BCUT2D eigenvalue weighted by atomic mass is 35.5. The molecule has 1 aliphatic heterocycles. The molecule has 0 aliphatic carbocycles. The number of piperidine rings is 1. The van der Waals surface area contributed by atoms with Crippen molar-refractivity contribution in [1.82, 2.24) is 15.2 Å². The number of carbonyl (C=O) groups excluding carboxylic acids is 1. The Labute approximate surface area is 164 Å². The van der Waals surface area contributed by atoms with Gasteiger partial charge in [0.25, 0.3) is 5.91 Å². The molecule has 0 unspecified atom stereocenters. The van der Waals surface area contributed by atoms with Crippen LogP contribution in [0.25, 0.3) is 0 Å². The standard InChI is InChI=1S/C18H19ClF3N3OS/c19-16-8-13(18(20,21)22)7-15(24-16)17(26)23-9-12-3-1-5-25(10-12)11-14-4-2-6-27-14/h2,4,6-8,12H,1,3,5,9-11H2,(H,23,26)/t12-/m1/s1. The first-order valence-corrected chi connectivity index (χ1v) is 9.85. The number of hydrogen-bond acceptors (Lipinski definition) is 4. The minimum Gasteiger partial charge on any atom is -0.350 e. The van der Waals surface area contributed by atoms with E-state index < -0.39 is 17.6 Å². The predicted octanol–water partition coefficient (Wildman–Crippen LogP) is 4.46. The van der Waals surface area contributed by atoms with Gasteiger partial charge < -0.3 is 5.32 Å². The molecule has 27 heavy (non-hydrogen) atoms. The number of likely N-dealkylation sites (tertiary alicyclic amines) is 1. The molecular formula is C18H19ClF3N3OS. The Morgan fingerprint density at radius 2 is 2.22 bits per heavy atom. The Hall–Kier alpha value is -1.64. The van der Waals surface area contributed by atoms with Gasteiger partial charge in [-0.15, -0.1) is 11.3 Å². The fourth-order valence-corrected chi connectivity index (χ4v) is 4.14. The van der Waals surface area contributed by atoms with Crippen molar-refractivity contribution in [3.8, 4) is 0 Å². The summed E-state index contributed by atoms with van der Waals surface area (Å²) in [6.45, 7) is 3.13. The first kappa shape index (κ1) is 20.1. The monoisotopic (exact) mass is 417 g/mol. The molecule has 1 saturated heterocycles. The van der Waals surface area contributed by atoms with Gasteiger partial charge in [-0.1, -0.05) is 17.7 Å². The molecule has 1 N–H and O–H groups in total. The van der Waals surface area contributed by atoms with Gasteiger partial charge in [0, 0.05) is 24.5 Å². The highest BCUT2D eigenvalue weighted by Gasteiger charge is 2.32. The lowest BCUT2D eigenvalue weighted by atomic mass is 9.98. The van der Waals surface area contributed by atoms with E-state index in [1.54, 1.807) is 11.3 Å². The van der Waals surface area contributed by atoms with Gasteiger partial charge in [-0.25, -0.2) is 4.98 Å². The average molecular weight is 418 g/mol. The van der Waals surface area contributed by atoms with Crippen molar-refractivity contribution in [1.29, 1.82) is 0 Å². The van der Waals surface area contributed by atoms with Crippen LogP contribution in [0.5, 0.6) is 0 Å². The fraction of sp³-hybridized carbons (Fsp3) is 0.444. The number of aromatic nitrogens is 1. The smallest absolute Gasteiger partial charge is 0.350 e. The normalized spacial score (nSPS) is 18.4. The highest BCUT2D eigenvalue weighted by molar-refractivity contribution is 7.09. The number of halogens is 4. The van der Waals surface area contributed by atoms with Crippen molar-refractivity contribution in [2.24, 2.45) is 5.92 Å². The highest BCUT2D eigenvalue weighted by Crippen LogP contribution is 2.31. The number of carbonyl (C=O) groups is 1. The molecule has 1 amide bonds. The topological polar surface area (TPSA) is 45.2 Å². The number of hydrogen-bond donors (Lipinski definition) is 1. The van der Waals surface area contributed by atoms with Gasteiger partial charge in [0.05, 0.1) is 5.56 Å². The van der Waals surface area contributed by atoms with Crippen LogP contribution >= 0.6 is 22.9 Å². The van der Waals surface area contributed by atoms with Crippen LogP contribution < -0.4 is 5.32 Å². The Balaban J connectivity index is 1.56. The molecular weight excluding hydrogens is 399 g/mol. The predicted molar refractivity (Wildman–Crippen MR) is 98.9 cm³/mol. The van der Waals surface area contributed by atoms with Gasteiger partial charge >= 0.3 is 6.18 Å². The molecule has 1 atom stereocenters. The van der Waals surface area contributed by atoms with Crippen molar-refractivity contribution in [3.05, 3.63) is 50.9 Å². The molecule has 4 nitrogen and oxygen atoms in total. The maximum Gasteiger partial charge on any atom is 0.416 e. The molecule has 3 heterocycles. The number of rotatable bonds is 5. The van der Waals surface area contributed by atoms with Gasteiger partial charge in [-0.2, -0.15) is 13.2 Å². The molecule has 2 aromatic rings. The SMILES string of the molecule is O=C(NC[C@H]1CCCN(Cc2cccs2)C1)c1cc(C(F)(F)F)cc(Cl)n1. The van der Waals surface area contributed by atoms with Crippen LogP contribution in [0.4, 0.5) is 13.2 Å². The lowest BCUT2D eigenvalue weighted by molar-refractivity contribution is -0.137. The number of amides is 1. The van der Waals surface area contributed by atoms with Crippen LogP contribution in [0, 0.1) is 5.92 Å². The van der Waals surface area contributed by atoms with E-state index in [2.05, 4.69) is 21.3 Å². The summed E-state index contributed by atoms with van der Waals surface area (Å²) in [6.07, 6.45) is -2.58. The van der Waals surface area contributed by atoms with Crippen LogP contribution in [0.1, 0.15) is 33.8 Å². The van der Waals surface area contributed by atoms with Crippen LogP contribution in [-0.2, 0) is 12.7 Å². The second kappa shape index (κ2) is 8.58. The molecule has 3 rings (SSSR count). The zero-order valence-electron chi connectivity index (χ0n) is 14.4. The van der Waals surface area contributed by atoms with Crippen molar-refractivity contribution < 1.29 is 18.0 Å². The van der Waals surface area contributed by atoms with Gasteiger partial charge in [-0.05, 0) is 48.9 Å². The third kappa shape index (κ3) is 5.67. The van der Waals surface area contributed by atoms with Crippen LogP contribution in [0.3, 0.4) is 0 Å². The lowest BCUT2D eigenvalue weighted by Crippen LogP contribution is -2.40. The largest absolute Gasteiger partial charge is 0.416 e. The van der Waals surface area contributed by atoms with E-state index in [0.717, 1.165) is 38.5 Å². The van der Waals surface area contributed by atoms with E-state index in [-0.39, 0.29) is 16.8 Å². The zero-order chi connectivity index (χ0) is 19.4. The first-order valence-electron chi connectivity index (χ1n) is 8.59. The minimum atomic E-state index is -4.58. The quantitative estimate of drug-likeness (QED) is 0.731. The first-order chi connectivity index (χ1) is 12.8. The third-order valence-corrected chi connectivity index (χ3v) is 5.52. The number of thiophene rings is 1. The van der Waals surface area contributed by atoms with E-state index in [1.165, 1.54) is 4.88 Å². The van der Waals surface area contributed by atoms with Crippen LogP contribution in [0.2, 0.25) is 5.15 Å². The van der Waals surface area contributed by atoms with Gasteiger partial charge in [0.1, 0.15) is 10.8 Å². The lowest BCUT2D eigenvalue weighted by Gasteiger charge is -2.32. The Morgan fingerprint density at radius 1 is 1.41 bits per heavy atom. The van der Waals surface area contributed by atoms with Crippen molar-refractivity contribution in [2.45, 2.75) is 25.6 Å². The summed E-state index contributed by atoms with van der Waals surface area (Å²) in [5, 5.41) is 4.40. The molecule has 0 spiro atoms. The Bertz CT molecular complexity index is 783. The zero-order valence-corrected chi connectivity index (χ0v) is 16.0. The molecule has 146 valence electrons. The van der Waals surface area contributed by atoms with Gasteiger partial charge in [0.15, 0.2) is 0 Å². The average Bonchev–Trinajstić information content (AvgIpc) is 3.11. The fourth-order valence-electron chi connectivity index (χ4n) is 3.19. The van der Waals surface area contributed by atoms with Gasteiger partial charge in [-0.3, -0.25) is 9.69 Å². The number of alkyl halides is 3. The summed E-state index contributed by atoms with van der Waals surface area (Å²) >= 11 is 7.35. The summed E-state index contributed by atoms with van der Waals surface area (Å²) < 4.78 is 38.6. The van der Waals surface area contributed by atoms with E-state index >= 15 is 0 Å². The molecule has 9 heteroatoms. The number of nitrogens with zero attached hydrogens (tertiary/aromatic N) is 2. The Kier molecular flexibility index (Phi) is 6.39. The van der Waals surface area contributed by atoms with E-state index in [4.69, 9.17) is 11.6 Å². The van der Waals surface area contributed by atoms with Crippen molar-refractivity contribution in [2.75, 3.05) is 19.6 Å². The van der Waals surface area contributed by atoms with Gasteiger partial charge in [0.2, 0.25) is 0 Å². The number of nitrogens with one attached hydrogen (secondary N) is 1. The number of pyridine rings is 1. The van der Waals surface area contributed by atoms with Crippen LogP contribution in [-0.4, -0.2) is 35.4 Å². The third-order valence-electron chi connectivity index (χ3n) is 4.47. The van der Waals surface area contributed by atoms with E-state index in [0.29, 0.717) is 12.6 Å². The summed E-state index contributed by atoms with van der Waals surface area (Å²) in [7, 11) is 0. The summed E-state index contributed by atoms with van der Waals surface area (Å²) in [5.41, 5.74) is -1.30. The molecule has 1 fully saturated rings. The summed E-state index contributed by atoms with van der Waals surface area (Å²) in [5.74, 6) is -0.387. The Morgan fingerprint density at radius 3 is 2.93 bits per heavy atom. The maximum atomic E-state index is 12.9. The minimum absolute atomic E-state index is 0.254. The molecule has 2 aromatic heterocycles. The molecule has 0 aromatic carbocycles. The molecule has 1 aliphatic rings. The van der Waals surface area contributed by atoms with Crippen LogP contribution in [0.15, 0.2) is 29.6 Å². The maximum absolute atomic E-state index is 12.9. The molecule has 0 radical (unpaired) electrons. The van der Waals surface area contributed by atoms with Crippen molar-refractivity contribution in [3.63, 3.8) is 0 Å². The second-order valence-corrected chi connectivity index (χ2v) is 8.01. The summed E-state index contributed by atoms with van der Waals surface area (Å²) in [6, 6.07) is 5.56. The molecule has 0 saturated carbocycles. The summed E-state index contributed by atoms with van der Waals surface area (Å²) in [4.78, 5) is 19.6. The molecule has 0 bridgehead atoms. The van der Waals surface area contributed by atoms with Crippen molar-refractivity contribution >= 4 is 28.8 Å².